The Balaban J connectivity index is 0.00000144. The second-order valence-electron chi connectivity index (χ2n) is 3.62. The fourth-order valence-electron chi connectivity index (χ4n) is 1.43. The predicted molar refractivity (Wildman–Crippen MR) is 79.3 cm³/mol. The number of pyridine rings is 1. The molecular formula is C14H13BrClN. The minimum atomic E-state index is 0. The van der Waals surface area contributed by atoms with Crippen LogP contribution in [0.5, 0.6) is 0 Å². The van der Waals surface area contributed by atoms with Crippen molar-refractivity contribution < 1.29 is 0 Å². The molecule has 0 atom stereocenters. The second kappa shape index (κ2) is 6.58. The fraction of sp³-hybridized carbons (Fsp3) is 0.0714. The van der Waals surface area contributed by atoms with Gasteiger partial charge in [-0.2, -0.15) is 0 Å². The molecule has 2 rings (SSSR count). The average molecular weight is 311 g/mol. The van der Waals surface area contributed by atoms with Crippen molar-refractivity contribution in [3.05, 3.63) is 63.9 Å². The van der Waals surface area contributed by atoms with Gasteiger partial charge in [0.1, 0.15) is 0 Å². The average Bonchev–Trinajstić information content (AvgIpc) is 2.30. The zero-order valence-electron chi connectivity index (χ0n) is 9.43. The van der Waals surface area contributed by atoms with Gasteiger partial charge in [-0.1, -0.05) is 40.2 Å². The molecule has 0 bridgehead atoms. The second-order valence-corrected chi connectivity index (χ2v) is 4.53. The van der Waals surface area contributed by atoms with E-state index in [9.17, 15) is 0 Å². The van der Waals surface area contributed by atoms with E-state index in [0.717, 1.165) is 4.47 Å². The highest BCUT2D eigenvalue weighted by atomic mass is 79.9. The van der Waals surface area contributed by atoms with Crippen molar-refractivity contribution >= 4 is 40.5 Å². The van der Waals surface area contributed by atoms with E-state index in [1.54, 1.807) is 0 Å². The van der Waals surface area contributed by atoms with Gasteiger partial charge in [-0.15, -0.1) is 12.4 Å². The molecule has 0 unspecified atom stereocenters. The number of hydrogen-bond donors (Lipinski definition) is 0. The van der Waals surface area contributed by atoms with Gasteiger partial charge in [0, 0.05) is 16.9 Å². The predicted octanol–water partition coefficient (Wildman–Crippen LogP) is 4.74. The molecule has 2 aromatic rings. The molecule has 17 heavy (non-hydrogen) atoms. The first-order valence-electron chi connectivity index (χ1n) is 5.10. The molecule has 0 saturated carbocycles. The van der Waals surface area contributed by atoms with Gasteiger partial charge < -0.3 is 0 Å². The van der Waals surface area contributed by atoms with Crippen LogP contribution in [-0.4, -0.2) is 4.98 Å². The van der Waals surface area contributed by atoms with E-state index in [2.05, 4.69) is 52.1 Å². The number of halogens is 2. The molecule has 0 amide bonds. The molecule has 1 nitrogen and oxygen atoms in total. The monoisotopic (exact) mass is 309 g/mol. The van der Waals surface area contributed by atoms with Crippen molar-refractivity contribution in [3.8, 4) is 0 Å². The minimum Gasteiger partial charge on any atom is -0.264 e. The van der Waals surface area contributed by atoms with Crippen molar-refractivity contribution in [1.82, 2.24) is 4.98 Å². The third-order valence-electron chi connectivity index (χ3n) is 2.39. The Kier molecular flexibility index (Phi) is 5.39. The Morgan fingerprint density at radius 3 is 2.41 bits per heavy atom. The van der Waals surface area contributed by atoms with Gasteiger partial charge in [0.2, 0.25) is 0 Å². The maximum Gasteiger partial charge on any atom is 0.0303 e. The summed E-state index contributed by atoms with van der Waals surface area (Å²) in [7, 11) is 0. The number of benzene rings is 1. The summed E-state index contributed by atoms with van der Waals surface area (Å²) in [5.74, 6) is 0. The zero-order valence-corrected chi connectivity index (χ0v) is 11.8. The molecule has 0 spiro atoms. The van der Waals surface area contributed by atoms with Gasteiger partial charge in [-0.05, 0) is 41.8 Å². The molecule has 0 aliphatic rings. The lowest BCUT2D eigenvalue weighted by molar-refractivity contribution is 1.26. The van der Waals surface area contributed by atoms with Crippen LogP contribution in [0.2, 0.25) is 0 Å². The van der Waals surface area contributed by atoms with E-state index in [1.807, 2.05) is 30.6 Å². The topological polar surface area (TPSA) is 12.9 Å². The van der Waals surface area contributed by atoms with Gasteiger partial charge in [0.25, 0.3) is 0 Å². The van der Waals surface area contributed by atoms with Crippen LogP contribution >= 0.6 is 28.3 Å². The molecule has 1 aromatic carbocycles. The van der Waals surface area contributed by atoms with Crippen molar-refractivity contribution in [2.24, 2.45) is 0 Å². The smallest absolute Gasteiger partial charge is 0.0303 e. The van der Waals surface area contributed by atoms with Gasteiger partial charge >= 0.3 is 0 Å². The lowest BCUT2D eigenvalue weighted by Crippen LogP contribution is -1.81. The first kappa shape index (κ1) is 13.9. The molecule has 3 heteroatoms. The van der Waals surface area contributed by atoms with Gasteiger partial charge in [0.15, 0.2) is 0 Å². The Morgan fingerprint density at radius 2 is 1.76 bits per heavy atom. The Hall–Kier alpha value is -1.12. The molecule has 0 saturated heterocycles. The maximum atomic E-state index is 4.07. The summed E-state index contributed by atoms with van der Waals surface area (Å²) in [5.41, 5.74) is 3.59. The summed E-state index contributed by atoms with van der Waals surface area (Å²) in [4.78, 5) is 4.07. The molecule has 0 aliphatic heterocycles. The normalized spacial score (nSPS) is 10.2. The lowest BCUT2D eigenvalue weighted by Gasteiger charge is -1.98. The molecule has 0 radical (unpaired) electrons. The van der Waals surface area contributed by atoms with E-state index < -0.39 is 0 Å². The highest BCUT2D eigenvalue weighted by Gasteiger charge is 1.92. The van der Waals surface area contributed by atoms with E-state index in [4.69, 9.17) is 0 Å². The Bertz CT molecular complexity index is 506. The van der Waals surface area contributed by atoms with Crippen LogP contribution < -0.4 is 0 Å². The van der Waals surface area contributed by atoms with Crippen LogP contribution in [0.1, 0.15) is 16.7 Å². The summed E-state index contributed by atoms with van der Waals surface area (Å²) >= 11 is 3.42. The lowest BCUT2D eigenvalue weighted by atomic mass is 10.1. The van der Waals surface area contributed by atoms with Crippen molar-refractivity contribution in [1.29, 1.82) is 0 Å². The van der Waals surface area contributed by atoms with Crippen LogP contribution in [-0.2, 0) is 0 Å². The molecule has 0 fully saturated rings. The van der Waals surface area contributed by atoms with E-state index in [0.29, 0.717) is 0 Å². The van der Waals surface area contributed by atoms with Gasteiger partial charge in [0.05, 0.1) is 0 Å². The van der Waals surface area contributed by atoms with Crippen molar-refractivity contribution in [3.63, 3.8) is 0 Å². The van der Waals surface area contributed by atoms with Crippen LogP contribution in [0, 0.1) is 6.92 Å². The molecule has 0 N–H and O–H groups in total. The van der Waals surface area contributed by atoms with E-state index >= 15 is 0 Å². The minimum absolute atomic E-state index is 0. The van der Waals surface area contributed by atoms with Crippen LogP contribution in [0.4, 0.5) is 0 Å². The molecule has 0 aliphatic carbocycles. The van der Waals surface area contributed by atoms with Crippen molar-refractivity contribution in [2.45, 2.75) is 6.92 Å². The van der Waals surface area contributed by atoms with Gasteiger partial charge in [-0.3, -0.25) is 4.98 Å². The first-order valence-corrected chi connectivity index (χ1v) is 5.89. The first-order chi connectivity index (χ1) is 7.75. The number of rotatable bonds is 2. The fourth-order valence-corrected chi connectivity index (χ4v) is 1.70. The third kappa shape index (κ3) is 3.99. The molecule has 88 valence electrons. The summed E-state index contributed by atoms with van der Waals surface area (Å²) in [6.07, 6.45) is 7.91. The van der Waals surface area contributed by atoms with Crippen LogP contribution in [0.25, 0.3) is 12.2 Å². The quantitative estimate of drug-likeness (QED) is 0.780. The SMILES string of the molecule is Cc1cnccc1C=Cc1ccc(Br)cc1.Cl. The zero-order chi connectivity index (χ0) is 11.4. The number of nitrogens with zero attached hydrogens (tertiary/aromatic N) is 1. The summed E-state index contributed by atoms with van der Waals surface area (Å²) in [6.45, 7) is 2.06. The summed E-state index contributed by atoms with van der Waals surface area (Å²) in [5, 5.41) is 0. The summed E-state index contributed by atoms with van der Waals surface area (Å²) in [6, 6.07) is 10.3. The summed E-state index contributed by atoms with van der Waals surface area (Å²) < 4.78 is 1.10. The van der Waals surface area contributed by atoms with E-state index in [1.165, 1.54) is 16.7 Å². The highest BCUT2D eigenvalue weighted by molar-refractivity contribution is 9.10. The number of hydrogen-bond acceptors (Lipinski definition) is 1. The van der Waals surface area contributed by atoms with Gasteiger partial charge in [-0.25, -0.2) is 0 Å². The molecular weight excluding hydrogens is 298 g/mol. The molecule has 1 heterocycles. The number of aryl methyl sites for hydroxylation is 1. The van der Waals surface area contributed by atoms with Crippen LogP contribution in [0.3, 0.4) is 0 Å². The Morgan fingerprint density at radius 1 is 1.06 bits per heavy atom. The van der Waals surface area contributed by atoms with Crippen LogP contribution in [0.15, 0.2) is 47.2 Å². The Labute approximate surface area is 116 Å². The standard InChI is InChI=1S/C14H12BrN.ClH/c1-11-10-16-9-8-13(11)5-2-12-3-6-14(15)7-4-12;/h2-10H,1H3;1H. The number of aromatic nitrogens is 1. The van der Waals surface area contributed by atoms with Crippen molar-refractivity contribution in [2.75, 3.05) is 0 Å². The molecule has 1 aromatic heterocycles. The maximum absolute atomic E-state index is 4.07. The third-order valence-corrected chi connectivity index (χ3v) is 2.92. The largest absolute Gasteiger partial charge is 0.264 e. The highest BCUT2D eigenvalue weighted by Crippen LogP contribution is 2.14. The van der Waals surface area contributed by atoms with E-state index in [-0.39, 0.29) is 12.4 Å².